The largest absolute Gasteiger partial charge is 0.494 e. The summed E-state index contributed by atoms with van der Waals surface area (Å²) in [5, 5.41) is 13.4. The van der Waals surface area contributed by atoms with E-state index in [1.54, 1.807) is 12.1 Å². The van der Waals surface area contributed by atoms with Gasteiger partial charge in [0.05, 0.1) is 23.8 Å². The molecule has 130 valence electrons. The Balaban J connectivity index is 1.97. The van der Waals surface area contributed by atoms with Crippen molar-refractivity contribution in [1.82, 2.24) is 0 Å². The van der Waals surface area contributed by atoms with Crippen molar-refractivity contribution in [2.75, 3.05) is 12.4 Å². The van der Waals surface area contributed by atoms with Crippen molar-refractivity contribution in [3.05, 3.63) is 63.7 Å². The molecule has 0 aliphatic carbocycles. The lowest BCUT2D eigenvalue weighted by molar-refractivity contribution is -0.384. The van der Waals surface area contributed by atoms with Gasteiger partial charge in [-0.25, -0.2) is 0 Å². The topological polar surface area (TPSA) is 98.5 Å². The highest BCUT2D eigenvalue weighted by atomic mass is 16.6. The highest BCUT2D eigenvalue weighted by Crippen LogP contribution is 2.29. The Morgan fingerprint density at radius 2 is 1.80 bits per heavy atom. The summed E-state index contributed by atoms with van der Waals surface area (Å²) in [6, 6.07) is 11.0. The van der Waals surface area contributed by atoms with Crippen LogP contribution in [0.15, 0.2) is 42.5 Å². The predicted octanol–water partition coefficient (Wildman–Crippen LogP) is 3.51. The number of carbonyl (C=O) groups is 2. The quantitative estimate of drug-likeness (QED) is 0.471. The summed E-state index contributed by atoms with van der Waals surface area (Å²) in [5.74, 6) is -0.300. The molecule has 0 aliphatic heterocycles. The summed E-state index contributed by atoms with van der Waals surface area (Å²) in [6.07, 6.45) is 0.0804. The number of hydrogen-bond acceptors (Lipinski definition) is 5. The molecule has 0 spiro atoms. The van der Waals surface area contributed by atoms with Crippen LogP contribution in [0.1, 0.15) is 28.8 Å². The Kier molecular flexibility index (Phi) is 5.84. The third-order valence-corrected chi connectivity index (χ3v) is 3.62. The molecule has 0 bridgehead atoms. The number of aryl methyl sites for hydroxylation is 1. The van der Waals surface area contributed by atoms with Crippen LogP contribution in [-0.2, 0) is 4.79 Å². The van der Waals surface area contributed by atoms with Gasteiger partial charge < -0.3 is 10.1 Å². The standard InChI is InChI=1S/C18H18N2O5/c1-12-3-5-13(6-4-12)16(21)9-10-18(22)19-15-8-7-14(20(23)24)11-17(15)25-2/h3-8,11H,9-10H2,1-2H3,(H,19,22). The molecule has 0 heterocycles. The first kappa shape index (κ1) is 18.1. The fraction of sp³-hybridized carbons (Fsp3) is 0.222. The number of nitrogens with one attached hydrogen (secondary N) is 1. The third kappa shape index (κ3) is 4.87. The summed E-state index contributed by atoms with van der Waals surface area (Å²) in [5.41, 5.74) is 1.80. The average Bonchev–Trinajstić information content (AvgIpc) is 2.60. The van der Waals surface area contributed by atoms with Crippen LogP contribution < -0.4 is 10.1 Å². The summed E-state index contributed by atoms with van der Waals surface area (Å²) in [7, 11) is 1.36. The number of ketones is 1. The van der Waals surface area contributed by atoms with Gasteiger partial charge in [-0.05, 0) is 13.0 Å². The van der Waals surface area contributed by atoms with Crippen LogP contribution in [0.25, 0.3) is 0 Å². The fourth-order valence-corrected chi connectivity index (χ4v) is 2.22. The van der Waals surface area contributed by atoms with Crippen LogP contribution in [0.5, 0.6) is 5.75 Å². The highest BCUT2D eigenvalue weighted by Gasteiger charge is 2.14. The Labute approximate surface area is 144 Å². The van der Waals surface area contributed by atoms with E-state index in [4.69, 9.17) is 4.74 Å². The fourth-order valence-electron chi connectivity index (χ4n) is 2.22. The minimum atomic E-state index is -0.547. The van der Waals surface area contributed by atoms with Crippen molar-refractivity contribution < 1.29 is 19.2 Å². The first-order chi connectivity index (χ1) is 11.9. The van der Waals surface area contributed by atoms with Crippen molar-refractivity contribution in [1.29, 1.82) is 0 Å². The molecule has 1 amide bonds. The van der Waals surface area contributed by atoms with Crippen LogP contribution in [-0.4, -0.2) is 23.7 Å². The van der Waals surface area contributed by atoms with Gasteiger partial charge in [-0.1, -0.05) is 29.8 Å². The average molecular weight is 342 g/mol. The van der Waals surface area contributed by atoms with E-state index in [0.717, 1.165) is 5.56 Å². The summed E-state index contributed by atoms with van der Waals surface area (Å²) in [6.45, 7) is 1.93. The summed E-state index contributed by atoms with van der Waals surface area (Å²) >= 11 is 0. The zero-order valence-corrected chi connectivity index (χ0v) is 13.9. The maximum Gasteiger partial charge on any atom is 0.273 e. The third-order valence-electron chi connectivity index (χ3n) is 3.62. The molecule has 7 nitrogen and oxygen atoms in total. The Morgan fingerprint density at radius 1 is 1.12 bits per heavy atom. The zero-order valence-electron chi connectivity index (χ0n) is 13.9. The molecule has 0 aromatic heterocycles. The number of nitro groups is 1. The predicted molar refractivity (Wildman–Crippen MR) is 93.0 cm³/mol. The normalized spacial score (nSPS) is 10.2. The van der Waals surface area contributed by atoms with E-state index >= 15 is 0 Å². The monoisotopic (exact) mass is 342 g/mol. The van der Waals surface area contributed by atoms with Gasteiger partial charge in [0.25, 0.3) is 5.69 Å². The van der Waals surface area contributed by atoms with Gasteiger partial charge in [-0.2, -0.15) is 0 Å². The number of methoxy groups -OCH3 is 1. The number of rotatable bonds is 7. The second kappa shape index (κ2) is 8.05. The molecule has 0 saturated heterocycles. The van der Waals surface area contributed by atoms with E-state index in [9.17, 15) is 19.7 Å². The smallest absolute Gasteiger partial charge is 0.273 e. The van der Waals surface area contributed by atoms with Crippen LogP contribution in [0, 0.1) is 17.0 Å². The minimum absolute atomic E-state index is 0.00680. The number of amides is 1. The SMILES string of the molecule is COc1cc([N+](=O)[O-])ccc1NC(=O)CCC(=O)c1ccc(C)cc1. The molecule has 2 aromatic carbocycles. The first-order valence-electron chi connectivity index (χ1n) is 7.63. The minimum Gasteiger partial charge on any atom is -0.494 e. The lowest BCUT2D eigenvalue weighted by atomic mass is 10.0. The van der Waals surface area contributed by atoms with Crippen LogP contribution in [0.3, 0.4) is 0 Å². The van der Waals surface area contributed by atoms with Crippen LogP contribution >= 0.6 is 0 Å². The number of hydrogen-bond donors (Lipinski definition) is 1. The van der Waals surface area contributed by atoms with E-state index in [2.05, 4.69) is 5.32 Å². The van der Waals surface area contributed by atoms with Crippen molar-refractivity contribution in [3.8, 4) is 5.75 Å². The van der Waals surface area contributed by atoms with Crippen LogP contribution in [0.4, 0.5) is 11.4 Å². The van der Waals surface area contributed by atoms with E-state index in [0.29, 0.717) is 11.3 Å². The van der Waals surface area contributed by atoms with Gasteiger partial charge in [-0.15, -0.1) is 0 Å². The number of benzene rings is 2. The van der Waals surface area contributed by atoms with Crippen molar-refractivity contribution >= 4 is 23.1 Å². The van der Waals surface area contributed by atoms with Crippen molar-refractivity contribution in [2.45, 2.75) is 19.8 Å². The maximum atomic E-state index is 12.1. The summed E-state index contributed by atoms with van der Waals surface area (Å²) < 4.78 is 5.06. The molecular weight excluding hydrogens is 324 g/mol. The van der Waals surface area contributed by atoms with Gasteiger partial charge in [0.15, 0.2) is 5.78 Å². The Morgan fingerprint density at radius 3 is 2.40 bits per heavy atom. The zero-order chi connectivity index (χ0) is 18.4. The molecule has 1 N–H and O–H groups in total. The lowest BCUT2D eigenvalue weighted by Crippen LogP contribution is -2.14. The first-order valence-corrected chi connectivity index (χ1v) is 7.63. The van der Waals surface area contributed by atoms with Gasteiger partial charge >= 0.3 is 0 Å². The molecule has 0 aliphatic rings. The molecule has 0 fully saturated rings. The molecule has 2 aromatic rings. The van der Waals surface area contributed by atoms with E-state index in [1.165, 1.54) is 25.3 Å². The number of non-ortho nitro benzene ring substituents is 1. The van der Waals surface area contributed by atoms with Crippen LogP contribution in [0.2, 0.25) is 0 Å². The van der Waals surface area contributed by atoms with Crippen molar-refractivity contribution in [3.63, 3.8) is 0 Å². The Hall–Kier alpha value is -3.22. The Bertz CT molecular complexity index is 800. The molecule has 0 radical (unpaired) electrons. The number of carbonyl (C=O) groups excluding carboxylic acids is 2. The van der Waals surface area contributed by atoms with E-state index < -0.39 is 4.92 Å². The maximum absolute atomic E-state index is 12.1. The second-order valence-corrected chi connectivity index (χ2v) is 5.48. The molecule has 0 atom stereocenters. The van der Waals surface area contributed by atoms with Crippen molar-refractivity contribution in [2.24, 2.45) is 0 Å². The number of nitrogens with zero attached hydrogens (tertiary/aromatic N) is 1. The molecule has 2 rings (SSSR count). The number of anilines is 1. The molecule has 7 heteroatoms. The molecule has 0 unspecified atom stereocenters. The number of nitro benzene ring substituents is 1. The molecule has 0 saturated carbocycles. The second-order valence-electron chi connectivity index (χ2n) is 5.48. The lowest BCUT2D eigenvalue weighted by Gasteiger charge is -2.10. The molecular formula is C18H18N2O5. The number of ether oxygens (including phenoxy) is 1. The van der Waals surface area contributed by atoms with Gasteiger partial charge in [0.2, 0.25) is 5.91 Å². The van der Waals surface area contributed by atoms with Gasteiger partial charge in [0, 0.05) is 24.5 Å². The number of Topliss-reactive ketones (excluding diaryl/α,β-unsaturated/α-hetero) is 1. The molecule has 25 heavy (non-hydrogen) atoms. The van der Waals surface area contributed by atoms with Gasteiger partial charge in [-0.3, -0.25) is 19.7 Å². The van der Waals surface area contributed by atoms with E-state index in [1.807, 2.05) is 19.1 Å². The van der Waals surface area contributed by atoms with Gasteiger partial charge in [0.1, 0.15) is 5.75 Å². The summed E-state index contributed by atoms with van der Waals surface area (Å²) in [4.78, 5) is 34.3. The highest BCUT2D eigenvalue weighted by molar-refractivity contribution is 6.00. The van der Waals surface area contributed by atoms with E-state index in [-0.39, 0.29) is 36.0 Å².